The highest BCUT2D eigenvalue weighted by Crippen LogP contribution is 2.48. The molecule has 0 spiro atoms. The minimum Gasteiger partial charge on any atom is -0.353 e. The largest absolute Gasteiger partial charge is 0.353 e. The van der Waals surface area contributed by atoms with Gasteiger partial charge in [0.25, 0.3) is 0 Å². The highest BCUT2D eigenvalue weighted by atomic mass is 19.1. The summed E-state index contributed by atoms with van der Waals surface area (Å²) < 4.78 is 12.8. The van der Waals surface area contributed by atoms with Crippen LogP contribution in [0.4, 0.5) is 4.39 Å². The van der Waals surface area contributed by atoms with E-state index < -0.39 is 6.17 Å². The zero-order valence-corrected chi connectivity index (χ0v) is 8.68. The van der Waals surface area contributed by atoms with Crippen molar-refractivity contribution >= 4 is 5.91 Å². The molecule has 2 fully saturated rings. The fourth-order valence-electron chi connectivity index (χ4n) is 2.11. The van der Waals surface area contributed by atoms with Crippen LogP contribution < -0.4 is 5.32 Å². The van der Waals surface area contributed by atoms with Crippen LogP contribution in [0.1, 0.15) is 45.4 Å². The van der Waals surface area contributed by atoms with Crippen LogP contribution in [-0.2, 0) is 4.79 Å². The van der Waals surface area contributed by atoms with Crippen LogP contribution in [0.5, 0.6) is 0 Å². The van der Waals surface area contributed by atoms with Crippen molar-refractivity contribution in [2.24, 2.45) is 5.41 Å². The van der Waals surface area contributed by atoms with Gasteiger partial charge in [-0.15, -0.1) is 0 Å². The summed E-state index contributed by atoms with van der Waals surface area (Å²) in [4.78, 5) is 11.5. The number of rotatable bonds is 3. The first-order valence-corrected chi connectivity index (χ1v) is 5.51. The van der Waals surface area contributed by atoms with Crippen LogP contribution in [0.3, 0.4) is 0 Å². The van der Waals surface area contributed by atoms with Crippen molar-refractivity contribution in [1.82, 2.24) is 5.32 Å². The van der Waals surface area contributed by atoms with E-state index in [4.69, 9.17) is 0 Å². The molecule has 80 valence electrons. The Balaban J connectivity index is 1.72. The number of halogens is 1. The first kappa shape index (κ1) is 9.94. The van der Waals surface area contributed by atoms with Crippen molar-refractivity contribution in [3.8, 4) is 0 Å². The van der Waals surface area contributed by atoms with E-state index in [1.165, 1.54) is 0 Å². The van der Waals surface area contributed by atoms with E-state index in [1.807, 2.05) is 0 Å². The van der Waals surface area contributed by atoms with Crippen LogP contribution in [0.2, 0.25) is 0 Å². The molecule has 0 heterocycles. The predicted octanol–water partition coefficient (Wildman–Crippen LogP) is 2.18. The third-order valence-electron chi connectivity index (χ3n) is 3.42. The minimum absolute atomic E-state index is 0.0971. The second-order valence-corrected chi connectivity index (χ2v) is 5.16. The van der Waals surface area contributed by atoms with Gasteiger partial charge in [0, 0.05) is 12.5 Å². The van der Waals surface area contributed by atoms with E-state index in [0.717, 1.165) is 19.3 Å². The van der Waals surface area contributed by atoms with Crippen LogP contribution in [0, 0.1) is 5.41 Å². The Labute approximate surface area is 84.3 Å². The molecule has 2 saturated carbocycles. The third kappa shape index (κ3) is 2.46. The fraction of sp³-hybridized carbons (Fsp3) is 0.909. The molecule has 2 atom stereocenters. The maximum Gasteiger partial charge on any atom is 0.220 e. The van der Waals surface area contributed by atoms with Gasteiger partial charge in [-0.1, -0.05) is 6.92 Å². The Hall–Kier alpha value is -0.600. The van der Waals surface area contributed by atoms with Crippen molar-refractivity contribution < 1.29 is 9.18 Å². The molecule has 0 aromatic rings. The number of carbonyl (C=O) groups is 1. The van der Waals surface area contributed by atoms with Gasteiger partial charge in [-0.05, 0) is 37.5 Å². The molecule has 2 rings (SSSR count). The van der Waals surface area contributed by atoms with Crippen molar-refractivity contribution in [2.45, 2.75) is 57.7 Å². The molecule has 0 aromatic heterocycles. The molecule has 1 amide bonds. The van der Waals surface area contributed by atoms with Crippen LogP contribution >= 0.6 is 0 Å². The highest BCUT2D eigenvalue weighted by Gasteiger charge is 2.39. The molecule has 2 nitrogen and oxygen atoms in total. The topological polar surface area (TPSA) is 29.1 Å². The molecule has 0 aromatic carbocycles. The Morgan fingerprint density at radius 2 is 2.21 bits per heavy atom. The number of hydrogen-bond donors (Lipinski definition) is 1. The Bertz CT molecular complexity index is 237. The maximum absolute atomic E-state index is 12.8. The molecule has 3 heteroatoms. The summed E-state index contributed by atoms with van der Waals surface area (Å²) in [5, 5.41) is 2.93. The van der Waals surface area contributed by atoms with Crippen molar-refractivity contribution in [3.63, 3.8) is 0 Å². The molecule has 14 heavy (non-hydrogen) atoms. The van der Waals surface area contributed by atoms with E-state index in [0.29, 0.717) is 19.3 Å². The summed E-state index contributed by atoms with van der Waals surface area (Å²) in [6.07, 6.45) is 4.19. The standard InChI is InChI=1S/C11H18FNO/c1-11(4-5-11)7-10(14)13-9-3-2-8(12)6-9/h8-9H,2-7H2,1H3,(H,13,14). The maximum atomic E-state index is 12.8. The Morgan fingerprint density at radius 1 is 1.50 bits per heavy atom. The quantitative estimate of drug-likeness (QED) is 0.741. The summed E-state index contributed by atoms with van der Waals surface area (Å²) in [7, 11) is 0. The average Bonchev–Trinajstić information content (AvgIpc) is 2.64. The summed E-state index contributed by atoms with van der Waals surface area (Å²) in [5.74, 6) is 0.115. The number of nitrogens with one attached hydrogen (secondary N) is 1. The second-order valence-electron chi connectivity index (χ2n) is 5.16. The van der Waals surface area contributed by atoms with Gasteiger partial charge in [0.2, 0.25) is 5.91 Å². The zero-order valence-electron chi connectivity index (χ0n) is 8.68. The van der Waals surface area contributed by atoms with Gasteiger partial charge in [-0.3, -0.25) is 4.79 Å². The fourth-order valence-corrected chi connectivity index (χ4v) is 2.11. The van der Waals surface area contributed by atoms with Gasteiger partial charge in [0.1, 0.15) is 6.17 Å². The SMILES string of the molecule is CC1(CC(=O)NC2CCC(F)C2)CC1. The first-order chi connectivity index (χ1) is 6.57. The molecule has 0 saturated heterocycles. The highest BCUT2D eigenvalue weighted by molar-refractivity contribution is 5.77. The minimum atomic E-state index is -0.697. The Morgan fingerprint density at radius 3 is 2.71 bits per heavy atom. The second kappa shape index (κ2) is 3.52. The summed E-state index contributed by atoms with van der Waals surface area (Å²) in [5.41, 5.74) is 0.262. The van der Waals surface area contributed by atoms with E-state index >= 15 is 0 Å². The summed E-state index contributed by atoms with van der Waals surface area (Å²) in [6, 6.07) is 0.0971. The van der Waals surface area contributed by atoms with E-state index in [9.17, 15) is 9.18 Å². The van der Waals surface area contributed by atoms with Crippen molar-refractivity contribution in [3.05, 3.63) is 0 Å². The molecule has 0 aliphatic heterocycles. The molecule has 2 aliphatic carbocycles. The van der Waals surface area contributed by atoms with Gasteiger partial charge in [-0.2, -0.15) is 0 Å². The van der Waals surface area contributed by atoms with Gasteiger partial charge >= 0.3 is 0 Å². The monoisotopic (exact) mass is 199 g/mol. The lowest BCUT2D eigenvalue weighted by molar-refractivity contribution is -0.122. The number of amides is 1. The normalized spacial score (nSPS) is 34.1. The third-order valence-corrected chi connectivity index (χ3v) is 3.42. The molecule has 2 aliphatic rings. The van der Waals surface area contributed by atoms with Gasteiger partial charge < -0.3 is 5.32 Å². The van der Waals surface area contributed by atoms with E-state index in [-0.39, 0.29) is 17.4 Å². The lowest BCUT2D eigenvalue weighted by Gasteiger charge is -2.14. The van der Waals surface area contributed by atoms with Gasteiger partial charge in [0.15, 0.2) is 0 Å². The molecule has 0 radical (unpaired) electrons. The van der Waals surface area contributed by atoms with Crippen molar-refractivity contribution in [2.75, 3.05) is 0 Å². The number of alkyl halides is 1. The molecule has 2 unspecified atom stereocenters. The zero-order chi connectivity index (χ0) is 10.2. The predicted molar refractivity (Wildman–Crippen MR) is 52.6 cm³/mol. The molecular formula is C11H18FNO. The van der Waals surface area contributed by atoms with Crippen molar-refractivity contribution in [1.29, 1.82) is 0 Å². The summed E-state index contributed by atoms with van der Waals surface area (Å²) in [6.45, 7) is 2.14. The van der Waals surface area contributed by atoms with Gasteiger partial charge in [-0.25, -0.2) is 4.39 Å². The molecule has 0 bridgehead atoms. The van der Waals surface area contributed by atoms with Crippen LogP contribution in [0.25, 0.3) is 0 Å². The van der Waals surface area contributed by atoms with E-state index in [2.05, 4.69) is 12.2 Å². The van der Waals surface area contributed by atoms with Crippen LogP contribution in [-0.4, -0.2) is 18.1 Å². The first-order valence-electron chi connectivity index (χ1n) is 5.51. The number of hydrogen-bond acceptors (Lipinski definition) is 1. The lowest BCUT2D eigenvalue weighted by Crippen LogP contribution is -2.34. The lowest BCUT2D eigenvalue weighted by atomic mass is 10.1. The number of carbonyl (C=O) groups excluding carboxylic acids is 1. The van der Waals surface area contributed by atoms with Crippen LogP contribution in [0.15, 0.2) is 0 Å². The average molecular weight is 199 g/mol. The summed E-state index contributed by atoms with van der Waals surface area (Å²) >= 11 is 0. The molecular weight excluding hydrogens is 181 g/mol. The van der Waals surface area contributed by atoms with E-state index in [1.54, 1.807) is 0 Å². The van der Waals surface area contributed by atoms with Gasteiger partial charge in [0.05, 0.1) is 0 Å². The molecule has 1 N–H and O–H groups in total. The Kier molecular flexibility index (Phi) is 2.50. The smallest absolute Gasteiger partial charge is 0.220 e.